The largest absolute Gasteiger partial charge is 0.388 e. The van der Waals surface area contributed by atoms with Crippen LogP contribution in [0.15, 0.2) is 12.1 Å². The third kappa shape index (κ3) is 2.26. The average molecular weight is 238 g/mol. The molecule has 0 spiro atoms. The Morgan fingerprint density at radius 2 is 2.38 bits per heavy atom. The Bertz CT molecular complexity index is 453. The topological polar surface area (TPSA) is 60.1 Å². The van der Waals surface area contributed by atoms with Gasteiger partial charge in [0.15, 0.2) is 0 Å². The van der Waals surface area contributed by atoms with Gasteiger partial charge in [0.25, 0.3) is 0 Å². The van der Waals surface area contributed by atoms with Crippen molar-refractivity contribution in [2.24, 2.45) is 0 Å². The van der Waals surface area contributed by atoms with E-state index >= 15 is 0 Å². The minimum absolute atomic E-state index is 0.300. The Balaban J connectivity index is 2.29. The molecule has 2 heterocycles. The molecule has 84 valence electrons. The van der Waals surface area contributed by atoms with Crippen LogP contribution >= 0.6 is 11.6 Å². The van der Waals surface area contributed by atoms with Crippen molar-refractivity contribution < 1.29 is 5.11 Å². The van der Waals surface area contributed by atoms with Crippen molar-refractivity contribution in [1.29, 1.82) is 5.26 Å². The predicted molar refractivity (Wildman–Crippen MR) is 61.4 cm³/mol. The van der Waals surface area contributed by atoms with Gasteiger partial charge in [-0.15, -0.1) is 0 Å². The van der Waals surface area contributed by atoms with Gasteiger partial charge in [-0.1, -0.05) is 11.6 Å². The maximum absolute atomic E-state index is 9.87. The molecule has 0 bridgehead atoms. The number of pyridine rings is 1. The number of halogens is 1. The summed E-state index contributed by atoms with van der Waals surface area (Å²) in [6.07, 6.45) is 0.717. The fourth-order valence-electron chi connectivity index (χ4n) is 1.89. The molecule has 4 nitrogen and oxygen atoms in total. The summed E-state index contributed by atoms with van der Waals surface area (Å²) in [5, 5.41) is 19.0. The number of nitrogens with zero attached hydrogens (tertiary/aromatic N) is 3. The monoisotopic (exact) mass is 237 g/mol. The van der Waals surface area contributed by atoms with E-state index in [-0.39, 0.29) is 0 Å². The van der Waals surface area contributed by atoms with Crippen LogP contribution in [0, 0.1) is 11.3 Å². The van der Waals surface area contributed by atoms with Crippen LogP contribution in [0.5, 0.6) is 0 Å². The lowest BCUT2D eigenvalue weighted by atomic mass is 10.1. The minimum atomic E-state index is -0.664. The highest BCUT2D eigenvalue weighted by molar-refractivity contribution is 6.29. The summed E-state index contributed by atoms with van der Waals surface area (Å²) in [6, 6.07) is 5.37. The fourth-order valence-corrected chi connectivity index (χ4v) is 2.09. The first-order valence-corrected chi connectivity index (χ1v) is 5.43. The molecule has 1 aliphatic heterocycles. The van der Waals surface area contributed by atoms with Crippen LogP contribution in [0.1, 0.15) is 19.0 Å². The highest BCUT2D eigenvalue weighted by Crippen LogP contribution is 2.28. The van der Waals surface area contributed by atoms with Crippen molar-refractivity contribution in [1.82, 2.24) is 4.98 Å². The molecule has 16 heavy (non-hydrogen) atoms. The van der Waals surface area contributed by atoms with Gasteiger partial charge >= 0.3 is 0 Å². The highest BCUT2D eigenvalue weighted by Gasteiger charge is 2.31. The zero-order valence-corrected chi connectivity index (χ0v) is 9.70. The molecule has 2 rings (SSSR count). The van der Waals surface area contributed by atoms with E-state index in [0.717, 1.165) is 18.7 Å². The number of hydrogen-bond acceptors (Lipinski definition) is 4. The maximum Gasteiger partial charge on any atom is 0.144 e. The number of anilines is 1. The maximum atomic E-state index is 9.87. The van der Waals surface area contributed by atoms with E-state index < -0.39 is 5.60 Å². The van der Waals surface area contributed by atoms with E-state index in [1.165, 1.54) is 0 Å². The zero-order chi connectivity index (χ0) is 11.8. The second-order valence-corrected chi connectivity index (χ2v) is 4.70. The Labute approximate surface area is 99.1 Å². The lowest BCUT2D eigenvalue weighted by molar-refractivity contribution is 0.0839. The van der Waals surface area contributed by atoms with Crippen LogP contribution in [0.2, 0.25) is 5.15 Å². The second-order valence-electron chi connectivity index (χ2n) is 4.31. The molecule has 1 fully saturated rings. The van der Waals surface area contributed by atoms with Crippen molar-refractivity contribution in [2.45, 2.75) is 18.9 Å². The first-order valence-electron chi connectivity index (χ1n) is 5.05. The molecule has 1 aromatic heterocycles. The highest BCUT2D eigenvalue weighted by atomic mass is 35.5. The van der Waals surface area contributed by atoms with Crippen LogP contribution in [-0.4, -0.2) is 28.8 Å². The molecule has 1 aromatic rings. The Hall–Kier alpha value is -1.31. The molecule has 1 atom stereocenters. The third-order valence-electron chi connectivity index (χ3n) is 2.71. The number of aliphatic hydroxyl groups is 1. The van der Waals surface area contributed by atoms with Crippen molar-refractivity contribution in [3.8, 4) is 6.07 Å². The SMILES string of the molecule is CC1(O)CCN(c2cc(Cl)nc(C#N)c2)C1. The molecule has 0 radical (unpaired) electrons. The summed E-state index contributed by atoms with van der Waals surface area (Å²) >= 11 is 5.83. The molecular formula is C11H12ClN3O. The average Bonchev–Trinajstić information content (AvgIpc) is 2.58. The number of nitriles is 1. The molecule has 0 aromatic carbocycles. The van der Waals surface area contributed by atoms with E-state index in [9.17, 15) is 5.11 Å². The van der Waals surface area contributed by atoms with Crippen molar-refractivity contribution >= 4 is 17.3 Å². The van der Waals surface area contributed by atoms with Gasteiger partial charge < -0.3 is 10.0 Å². The minimum Gasteiger partial charge on any atom is -0.388 e. The summed E-state index contributed by atoms with van der Waals surface area (Å²) < 4.78 is 0. The first kappa shape index (κ1) is 11.2. The van der Waals surface area contributed by atoms with E-state index in [1.807, 2.05) is 11.0 Å². The summed E-state index contributed by atoms with van der Waals surface area (Å²) in [5.41, 5.74) is 0.478. The number of rotatable bonds is 1. The van der Waals surface area contributed by atoms with Gasteiger partial charge in [0.1, 0.15) is 16.9 Å². The number of hydrogen-bond donors (Lipinski definition) is 1. The normalized spacial score (nSPS) is 24.5. The lowest BCUT2D eigenvalue weighted by Gasteiger charge is -2.20. The van der Waals surface area contributed by atoms with Crippen LogP contribution < -0.4 is 4.90 Å². The smallest absolute Gasteiger partial charge is 0.144 e. The summed E-state index contributed by atoms with van der Waals surface area (Å²) in [6.45, 7) is 3.12. The molecule has 1 unspecified atom stereocenters. The quantitative estimate of drug-likeness (QED) is 0.754. The first-order chi connectivity index (χ1) is 7.50. The molecule has 1 saturated heterocycles. The third-order valence-corrected chi connectivity index (χ3v) is 2.90. The molecular weight excluding hydrogens is 226 g/mol. The number of aromatic nitrogens is 1. The summed E-state index contributed by atoms with van der Waals surface area (Å²) in [5.74, 6) is 0. The van der Waals surface area contributed by atoms with E-state index in [4.69, 9.17) is 16.9 Å². The van der Waals surface area contributed by atoms with E-state index in [0.29, 0.717) is 17.4 Å². The van der Waals surface area contributed by atoms with Crippen molar-refractivity contribution in [3.63, 3.8) is 0 Å². The summed E-state index contributed by atoms with van der Waals surface area (Å²) in [7, 11) is 0. The number of β-amino-alcohol motifs (C(OH)–C–C–N with tert-alkyl or cyclic N) is 1. The Morgan fingerprint density at radius 1 is 1.62 bits per heavy atom. The van der Waals surface area contributed by atoms with Crippen LogP contribution in [0.3, 0.4) is 0 Å². The predicted octanol–water partition coefficient (Wildman–Crippen LogP) is 1.57. The van der Waals surface area contributed by atoms with E-state index in [1.54, 1.807) is 19.1 Å². The summed E-state index contributed by atoms with van der Waals surface area (Å²) in [4.78, 5) is 5.88. The molecule has 0 aliphatic carbocycles. The Kier molecular flexibility index (Phi) is 2.75. The zero-order valence-electron chi connectivity index (χ0n) is 8.94. The molecule has 0 amide bonds. The van der Waals surface area contributed by atoms with Gasteiger partial charge in [-0.2, -0.15) is 5.26 Å². The lowest BCUT2D eigenvalue weighted by Crippen LogP contribution is -2.29. The molecule has 1 aliphatic rings. The van der Waals surface area contributed by atoms with Gasteiger partial charge in [0.2, 0.25) is 0 Å². The van der Waals surface area contributed by atoms with Gasteiger partial charge in [-0.25, -0.2) is 4.98 Å². The van der Waals surface area contributed by atoms with Crippen LogP contribution in [0.4, 0.5) is 5.69 Å². The van der Waals surface area contributed by atoms with Crippen LogP contribution in [-0.2, 0) is 0 Å². The van der Waals surface area contributed by atoms with Gasteiger partial charge in [-0.3, -0.25) is 0 Å². The van der Waals surface area contributed by atoms with Crippen molar-refractivity contribution in [3.05, 3.63) is 23.0 Å². The fraction of sp³-hybridized carbons (Fsp3) is 0.455. The van der Waals surface area contributed by atoms with E-state index in [2.05, 4.69) is 4.98 Å². The van der Waals surface area contributed by atoms with Gasteiger partial charge in [0.05, 0.1) is 5.60 Å². The Morgan fingerprint density at radius 3 is 2.94 bits per heavy atom. The standard InChI is InChI=1S/C11H12ClN3O/c1-11(16)2-3-15(7-11)9-4-8(6-13)14-10(12)5-9/h4-5,16H,2-3,7H2,1H3. The molecule has 1 N–H and O–H groups in total. The van der Waals surface area contributed by atoms with Crippen LogP contribution in [0.25, 0.3) is 0 Å². The van der Waals surface area contributed by atoms with Gasteiger partial charge in [-0.05, 0) is 25.5 Å². The van der Waals surface area contributed by atoms with Crippen molar-refractivity contribution in [2.75, 3.05) is 18.0 Å². The second kappa shape index (κ2) is 3.93. The molecule has 0 saturated carbocycles. The van der Waals surface area contributed by atoms with Gasteiger partial charge in [0, 0.05) is 18.8 Å². The molecule has 5 heteroatoms.